The van der Waals surface area contributed by atoms with Crippen LogP contribution in [-0.4, -0.2) is 53.6 Å². The van der Waals surface area contributed by atoms with E-state index in [2.05, 4.69) is 0 Å². The van der Waals surface area contributed by atoms with Crippen molar-refractivity contribution in [3.8, 4) is 0 Å². The lowest BCUT2D eigenvalue weighted by Gasteiger charge is -2.36. The average molecular weight is 245 g/mol. The van der Waals surface area contributed by atoms with Gasteiger partial charge in [0.25, 0.3) is 0 Å². The van der Waals surface area contributed by atoms with Crippen molar-refractivity contribution in [1.29, 1.82) is 0 Å². The Morgan fingerprint density at radius 2 is 2.06 bits per heavy atom. The van der Waals surface area contributed by atoms with Crippen LogP contribution in [0.15, 0.2) is 0 Å². The Morgan fingerprint density at radius 1 is 1.41 bits per heavy atom. The number of likely N-dealkylation sites (tertiary alicyclic amines) is 1. The van der Waals surface area contributed by atoms with Gasteiger partial charge in [-0.15, -0.1) is 0 Å². The van der Waals surface area contributed by atoms with Crippen molar-refractivity contribution in [1.82, 2.24) is 4.90 Å². The van der Waals surface area contributed by atoms with E-state index in [0.717, 1.165) is 0 Å². The van der Waals surface area contributed by atoms with Crippen LogP contribution in [0.2, 0.25) is 0 Å². The summed E-state index contributed by atoms with van der Waals surface area (Å²) in [5, 5.41) is 9.69. The molecule has 17 heavy (non-hydrogen) atoms. The predicted molar refractivity (Wildman–Crippen MR) is 63.8 cm³/mol. The SMILES string of the molecule is CCOC1CC(O)CN(C(=O)OC(C)(C)C)C1. The van der Waals surface area contributed by atoms with E-state index in [4.69, 9.17) is 9.47 Å². The summed E-state index contributed by atoms with van der Waals surface area (Å²) in [5.74, 6) is 0. The number of carbonyl (C=O) groups is 1. The maximum atomic E-state index is 11.8. The number of aliphatic hydroxyl groups excluding tert-OH is 1. The fraction of sp³-hybridized carbons (Fsp3) is 0.917. The van der Waals surface area contributed by atoms with Crippen LogP contribution in [0.5, 0.6) is 0 Å². The first-order chi connectivity index (χ1) is 7.81. The van der Waals surface area contributed by atoms with Gasteiger partial charge in [-0.1, -0.05) is 0 Å². The summed E-state index contributed by atoms with van der Waals surface area (Å²) in [6.45, 7) is 8.76. The molecule has 5 nitrogen and oxygen atoms in total. The predicted octanol–water partition coefficient (Wildman–Crippen LogP) is 1.39. The van der Waals surface area contributed by atoms with E-state index in [0.29, 0.717) is 26.1 Å². The zero-order valence-electron chi connectivity index (χ0n) is 11.1. The van der Waals surface area contributed by atoms with E-state index in [1.165, 1.54) is 4.90 Å². The number of hydrogen-bond donors (Lipinski definition) is 1. The number of nitrogens with zero attached hydrogens (tertiary/aromatic N) is 1. The number of aliphatic hydroxyl groups is 1. The molecule has 0 saturated carbocycles. The lowest BCUT2D eigenvalue weighted by molar-refractivity contribution is -0.0526. The highest BCUT2D eigenvalue weighted by molar-refractivity contribution is 5.68. The van der Waals surface area contributed by atoms with Crippen LogP contribution >= 0.6 is 0 Å². The highest BCUT2D eigenvalue weighted by atomic mass is 16.6. The maximum absolute atomic E-state index is 11.8. The summed E-state index contributed by atoms with van der Waals surface area (Å²) >= 11 is 0. The molecule has 0 aliphatic carbocycles. The highest BCUT2D eigenvalue weighted by Crippen LogP contribution is 2.17. The van der Waals surface area contributed by atoms with Gasteiger partial charge in [0.1, 0.15) is 5.60 Å². The Hall–Kier alpha value is -0.810. The molecule has 100 valence electrons. The lowest BCUT2D eigenvalue weighted by atomic mass is 10.1. The van der Waals surface area contributed by atoms with E-state index in [1.54, 1.807) is 0 Å². The number of β-amino-alcohol motifs (C(OH)–C–C–N with tert-alkyl or cyclic N) is 1. The third-order valence-corrected chi connectivity index (χ3v) is 2.44. The Kier molecular flexibility index (Phi) is 4.77. The van der Waals surface area contributed by atoms with Gasteiger partial charge in [0.15, 0.2) is 0 Å². The lowest BCUT2D eigenvalue weighted by Crippen LogP contribution is -2.50. The number of carbonyl (C=O) groups excluding carboxylic acids is 1. The molecule has 1 N–H and O–H groups in total. The van der Waals surface area contributed by atoms with Crippen molar-refractivity contribution in [3.05, 3.63) is 0 Å². The molecule has 1 heterocycles. The molecule has 0 aromatic rings. The van der Waals surface area contributed by atoms with Gasteiger partial charge in [-0.05, 0) is 27.7 Å². The zero-order chi connectivity index (χ0) is 13.1. The van der Waals surface area contributed by atoms with Crippen LogP contribution < -0.4 is 0 Å². The third kappa shape index (κ3) is 4.91. The molecule has 2 unspecified atom stereocenters. The normalized spacial score (nSPS) is 25.8. The summed E-state index contributed by atoms with van der Waals surface area (Å²) in [5.41, 5.74) is -0.513. The molecule has 0 aromatic heterocycles. The second kappa shape index (κ2) is 5.69. The highest BCUT2D eigenvalue weighted by Gasteiger charge is 2.31. The molecule has 2 atom stereocenters. The molecule has 1 amide bonds. The van der Waals surface area contributed by atoms with E-state index in [9.17, 15) is 9.90 Å². The molecule has 1 aliphatic rings. The molecule has 1 fully saturated rings. The summed E-state index contributed by atoms with van der Waals surface area (Å²) in [6.07, 6.45) is -0.447. The quantitative estimate of drug-likeness (QED) is 0.798. The fourth-order valence-electron chi connectivity index (χ4n) is 1.86. The van der Waals surface area contributed by atoms with Crippen LogP contribution in [0.4, 0.5) is 4.79 Å². The van der Waals surface area contributed by atoms with Crippen molar-refractivity contribution in [2.45, 2.75) is 51.9 Å². The largest absolute Gasteiger partial charge is 0.444 e. The molecule has 0 radical (unpaired) electrons. The second-order valence-corrected chi connectivity index (χ2v) is 5.35. The molecule has 0 spiro atoms. The van der Waals surface area contributed by atoms with Gasteiger partial charge in [0.2, 0.25) is 0 Å². The van der Waals surface area contributed by atoms with Gasteiger partial charge < -0.3 is 19.5 Å². The first-order valence-corrected chi connectivity index (χ1v) is 6.09. The molecule has 0 aromatic carbocycles. The number of amides is 1. The molecule has 1 rings (SSSR count). The minimum absolute atomic E-state index is 0.101. The van der Waals surface area contributed by atoms with Crippen molar-refractivity contribution in [2.75, 3.05) is 19.7 Å². The van der Waals surface area contributed by atoms with Crippen molar-refractivity contribution in [3.63, 3.8) is 0 Å². The Labute approximate surface area is 103 Å². The average Bonchev–Trinajstić information content (AvgIpc) is 2.14. The van der Waals surface area contributed by atoms with Crippen LogP contribution in [0.25, 0.3) is 0 Å². The van der Waals surface area contributed by atoms with Crippen molar-refractivity contribution in [2.24, 2.45) is 0 Å². The van der Waals surface area contributed by atoms with E-state index in [-0.39, 0.29) is 12.2 Å². The molecule has 1 aliphatic heterocycles. The van der Waals surface area contributed by atoms with Crippen molar-refractivity contribution < 1.29 is 19.4 Å². The first kappa shape index (κ1) is 14.3. The van der Waals surface area contributed by atoms with Gasteiger partial charge in [-0.2, -0.15) is 0 Å². The second-order valence-electron chi connectivity index (χ2n) is 5.35. The van der Waals surface area contributed by atoms with Crippen molar-refractivity contribution >= 4 is 6.09 Å². The van der Waals surface area contributed by atoms with Crippen LogP contribution in [0.1, 0.15) is 34.1 Å². The van der Waals surface area contributed by atoms with Gasteiger partial charge in [0.05, 0.1) is 25.3 Å². The molecular formula is C12H23NO4. The van der Waals surface area contributed by atoms with Gasteiger partial charge in [0, 0.05) is 13.0 Å². The van der Waals surface area contributed by atoms with Crippen LogP contribution in [0, 0.1) is 0 Å². The van der Waals surface area contributed by atoms with Gasteiger partial charge in [-0.3, -0.25) is 0 Å². The molecule has 0 bridgehead atoms. The Morgan fingerprint density at radius 3 is 2.59 bits per heavy atom. The van der Waals surface area contributed by atoms with Crippen LogP contribution in [-0.2, 0) is 9.47 Å². The number of ether oxygens (including phenoxy) is 2. The zero-order valence-corrected chi connectivity index (χ0v) is 11.1. The smallest absolute Gasteiger partial charge is 0.410 e. The van der Waals surface area contributed by atoms with E-state index in [1.807, 2.05) is 27.7 Å². The Bertz CT molecular complexity index is 262. The number of hydrogen-bond acceptors (Lipinski definition) is 4. The maximum Gasteiger partial charge on any atom is 0.410 e. The third-order valence-electron chi connectivity index (χ3n) is 2.44. The van der Waals surface area contributed by atoms with Gasteiger partial charge in [-0.25, -0.2) is 4.79 Å². The van der Waals surface area contributed by atoms with Crippen LogP contribution in [0.3, 0.4) is 0 Å². The first-order valence-electron chi connectivity index (χ1n) is 6.09. The molecule has 5 heteroatoms. The minimum Gasteiger partial charge on any atom is -0.444 e. The minimum atomic E-state index is -0.534. The molecular weight excluding hydrogens is 222 g/mol. The molecule has 1 saturated heterocycles. The summed E-state index contributed by atoms with van der Waals surface area (Å²) in [7, 11) is 0. The monoisotopic (exact) mass is 245 g/mol. The summed E-state index contributed by atoms with van der Waals surface area (Å²) < 4.78 is 10.7. The topological polar surface area (TPSA) is 59.0 Å². The number of rotatable bonds is 2. The van der Waals surface area contributed by atoms with Gasteiger partial charge >= 0.3 is 6.09 Å². The van der Waals surface area contributed by atoms with E-state index < -0.39 is 11.7 Å². The fourth-order valence-corrected chi connectivity index (χ4v) is 1.86. The standard InChI is InChI=1S/C12H23NO4/c1-5-16-10-6-9(14)7-13(8-10)11(15)17-12(2,3)4/h9-10,14H,5-8H2,1-4H3. The summed E-state index contributed by atoms with van der Waals surface area (Å²) in [4.78, 5) is 13.4. The summed E-state index contributed by atoms with van der Waals surface area (Å²) in [6, 6.07) is 0. The van der Waals surface area contributed by atoms with E-state index >= 15 is 0 Å². The number of piperidine rings is 1. The Balaban J connectivity index is 2.54.